The molecule has 0 bridgehead atoms. The topological polar surface area (TPSA) is 32.5 Å². The highest BCUT2D eigenvalue weighted by molar-refractivity contribution is 5.20. The second-order valence-corrected chi connectivity index (χ2v) is 4.38. The summed E-state index contributed by atoms with van der Waals surface area (Å²) in [6, 6.07) is 0. The molecule has 4 heteroatoms. The van der Waals surface area contributed by atoms with E-state index in [9.17, 15) is 0 Å². The fourth-order valence-corrected chi connectivity index (χ4v) is 1.96. The van der Waals surface area contributed by atoms with E-state index in [0.29, 0.717) is 0 Å². The summed E-state index contributed by atoms with van der Waals surface area (Å²) in [4.78, 5) is 4.83. The minimum absolute atomic E-state index is 0.964. The Morgan fingerprint density at radius 1 is 1.12 bits per heavy atom. The molecule has 0 spiro atoms. The number of rotatable bonds is 2. The van der Waals surface area contributed by atoms with Crippen LogP contribution in [0, 0.1) is 13.8 Å². The van der Waals surface area contributed by atoms with Gasteiger partial charge in [0.15, 0.2) is 0 Å². The highest BCUT2D eigenvalue weighted by atomic mass is 16.5. The summed E-state index contributed by atoms with van der Waals surface area (Å²) in [5.74, 6) is 0.964. The van der Waals surface area contributed by atoms with Gasteiger partial charge in [-0.25, -0.2) is 0 Å². The second kappa shape index (κ2) is 6.77. The number of piperazine rings is 1. The average Bonchev–Trinajstić information content (AvgIpc) is 2.66. The maximum Gasteiger partial charge on any atom is 0.138 e. The third-order valence-corrected chi connectivity index (χ3v) is 3.16. The van der Waals surface area contributed by atoms with Gasteiger partial charge in [0.05, 0.1) is 5.69 Å². The van der Waals surface area contributed by atoms with Crippen molar-refractivity contribution in [2.45, 2.75) is 34.2 Å². The molecular formula is C13H25N3O. The Morgan fingerprint density at radius 2 is 1.71 bits per heavy atom. The van der Waals surface area contributed by atoms with Crippen molar-refractivity contribution in [2.24, 2.45) is 0 Å². The summed E-state index contributed by atoms with van der Waals surface area (Å²) < 4.78 is 5.17. The molecule has 4 nitrogen and oxygen atoms in total. The Balaban J connectivity index is 0.000000686. The maximum absolute atomic E-state index is 5.17. The molecule has 0 saturated carbocycles. The number of hydrogen-bond acceptors (Lipinski definition) is 4. The monoisotopic (exact) mass is 239 g/mol. The zero-order chi connectivity index (χ0) is 12.8. The van der Waals surface area contributed by atoms with Crippen molar-refractivity contribution in [2.75, 3.05) is 33.2 Å². The van der Waals surface area contributed by atoms with Crippen LogP contribution in [0.4, 0.5) is 0 Å². The second-order valence-electron chi connectivity index (χ2n) is 4.38. The molecule has 17 heavy (non-hydrogen) atoms. The molecule has 98 valence electrons. The quantitative estimate of drug-likeness (QED) is 0.791. The first-order valence-corrected chi connectivity index (χ1v) is 6.49. The van der Waals surface area contributed by atoms with Gasteiger partial charge >= 0.3 is 0 Å². The Kier molecular flexibility index (Phi) is 5.65. The summed E-state index contributed by atoms with van der Waals surface area (Å²) >= 11 is 0. The minimum atomic E-state index is 0.964. The van der Waals surface area contributed by atoms with E-state index in [4.69, 9.17) is 4.52 Å². The summed E-state index contributed by atoms with van der Waals surface area (Å²) in [6.07, 6.45) is 0. The highest BCUT2D eigenvalue weighted by Crippen LogP contribution is 2.15. The molecule has 0 aliphatic carbocycles. The molecule has 0 atom stereocenters. The van der Waals surface area contributed by atoms with Crippen molar-refractivity contribution < 1.29 is 4.52 Å². The van der Waals surface area contributed by atoms with Crippen LogP contribution in [-0.4, -0.2) is 48.2 Å². The van der Waals surface area contributed by atoms with Gasteiger partial charge in [-0.3, -0.25) is 4.90 Å². The van der Waals surface area contributed by atoms with Crippen LogP contribution in [0.2, 0.25) is 0 Å². The van der Waals surface area contributed by atoms with E-state index in [0.717, 1.165) is 44.2 Å². The van der Waals surface area contributed by atoms with Crippen LogP contribution >= 0.6 is 0 Å². The molecule has 1 aliphatic heterocycles. The third-order valence-electron chi connectivity index (χ3n) is 3.16. The van der Waals surface area contributed by atoms with E-state index in [1.165, 1.54) is 5.56 Å². The van der Waals surface area contributed by atoms with E-state index in [-0.39, 0.29) is 0 Å². The standard InChI is InChI=1S/C11H19N3O.C2H6/c1-9-11(10(2)15-12-9)8-14-6-4-13(3)5-7-14;1-2/h4-8H2,1-3H3;1-2H3. The number of likely N-dealkylation sites (N-methyl/N-ethyl adjacent to an activating group) is 1. The number of nitrogens with zero attached hydrogens (tertiary/aromatic N) is 3. The largest absolute Gasteiger partial charge is 0.361 e. The molecule has 1 fully saturated rings. The van der Waals surface area contributed by atoms with Crippen LogP contribution in [0.1, 0.15) is 30.9 Å². The zero-order valence-electron chi connectivity index (χ0n) is 11.8. The molecule has 1 saturated heterocycles. The van der Waals surface area contributed by atoms with Crippen LogP contribution in [0.3, 0.4) is 0 Å². The molecule has 0 N–H and O–H groups in total. The first kappa shape index (κ1) is 14.2. The molecule has 1 aromatic rings. The van der Waals surface area contributed by atoms with Gasteiger partial charge in [-0.05, 0) is 20.9 Å². The lowest BCUT2D eigenvalue weighted by atomic mass is 10.2. The molecule has 0 unspecified atom stereocenters. The Morgan fingerprint density at radius 3 is 2.18 bits per heavy atom. The summed E-state index contributed by atoms with van der Waals surface area (Å²) in [7, 11) is 2.17. The fraction of sp³-hybridized carbons (Fsp3) is 0.769. The normalized spacial score (nSPS) is 17.7. The van der Waals surface area contributed by atoms with Crippen molar-refractivity contribution in [3.63, 3.8) is 0 Å². The molecule has 0 amide bonds. The number of aromatic nitrogens is 1. The Bertz CT molecular complexity index is 308. The lowest BCUT2D eigenvalue weighted by molar-refractivity contribution is 0.147. The summed E-state index contributed by atoms with van der Waals surface area (Å²) in [5, 5.41) is 3.98. The predicted octanol–water partition coefficient (Wildman–Crippen LogP) is 2.07. The Hall–Kier alpha value is -0.870. The number of hydrogen-bond donors (Lipinski definition) is 0. The van der Waals surface area contributed by atoms with Crippen molar-refractivity contribution in [1.29, 1.82) is 0 Å². The van der Waals surface area contributed by atoms with Crippen LogP contribution < -0.4 is 0 Å². The minimum Gasteiger partial charge on any atom is -0.361 e. The molecule has 0 aromatic carbocycles. The smallest absolute Gasteiger partial charge is 0.138 e. The summed E-state index contributed by atoms with van der Waals surface area (Å²) in [6.45, 7) is 13.6. The SMILES string of the molecule is CC.Cc1noc(C)c1CN1CCN(C)CC1. The van der Waals surface area contributed by atoms with Gasteiger partial charge in [0.25, 0.3) is 0 Å². The van der Waals surface area contributed by atoms with Crippen molar-refractivity contribution in [3.8, 4) is 0 Å². The molecule has 2 heterocycles. The molecular weight excluding hydrogens is 214 g/mol. The average molecular weight is 239 g/mol. The summed E-state index contributed by atoms with van der Waals surface area (Å²) in [5.41, 5.74) is 2.30. The van der Waals surface area contributed by atoms with Gasteiger partial charge in [0.1, 0.15) is 5.76 Å². The van der Waals surface area contributed by atoms with Gasteiger partial charge in [-0.2, -0.15) is 0 Å². The van der Waals surface area contributed by atoms with Gasteiger partial charge in [0, 0.05) is 38.3 Å². The molecule has 2 rings (SSSR count). The maximum atomic E-state index is 5.17. The van der Waals surface area contributed by atoms with Crippen molar-refractivity contribution in [1.82, 2.24) is 15.0 Å². The van der Waals surface area contributed by atoms with Gasteiger partial charge in [0.2, 0.25) is 0 Å². The predicted molar refractivity (Wildman–Crippen MR) is 70.1 cm³/mol. The fourth-order valence-electron chi connectivity index (χ4n) is 1.96. The van der Waals surface area contributed by atoms with E-state index < -0.39 is 0 Å². The third kappa shape index (κ3) is 3.82. The highest BCUT2D eigenvalue weighted by Gasteiger charge is 2.17. The van der Waals surface area contributed by atoms with Crippen molar-refractivity contribution in [3.05, 3.63) is 17.0 Å². The van der Waals surface area contributed by atoms with E-state index in [1.807, 2.05) is 27.7 Å². The van der Waals surface area contributed by atoms with E-state index in [1.54, 1.807) is 0 Å². The first-order valence-electron chi connectivity index (χ1n) is 6.49. The van der Waals surface area contributed by atoms with Crippen molar-refractivity contribution >= 4 is 0 Å². The Labute approximate surface area is 105 Å². The van der Waals surface area contributed by atoms with Gasteiger partial charge in [-0.1, -0.05) is 19.0 Å². The van der Waals surface area contributed by atoms with E-state index >= 15 is 0 Å². The molecule has 0 radical (unpaired) electrons. The molecule has 1 aliphatic rings. The first-order chi connectivity index (χ1) is 8.16. The van der Waals surface area contributed by atoms with Gasteiger partial charge < -0.3 is 9.42 Å². The van der Waals surface area contributed by atoms with E-state index in [2.05, 4.69) is 22.0 Å². The molecule has 1 aromatic heterocycles. The van der Waals surface area contributed by atoms with Crippen LogP contribution in [0.5, 0.6) is 0 Å². The van der Waals surface area contributed by atoms with Crippen LogP contribution in [0.25, 0.3) is 0 Å². The lowest BCUT2D eigenvalue weighted by Gasteiger charge is -2.32. The zero-order valence-corrected chi connectivity index (χ0v) is 11.8. The van der Waals surface area contributed by atoms with Crippen LogP contribution in [-0.2, 0) is 6.54 Å². The number of aryl methyl sites for hydroxylation is 2. The van der Waals surface area contributed by atoms with Crippen LogP contribution in [0.15, 0.2) is 4.52 Å². The van der Waals surface area contributed by atoms with Gasteiger partial charge in [-0.15, -0.1) is 0 Å². The lowest BCUT2D eigenvalue weighted by Crippen LogP contribution is -2.44.